The molecule has 2 N–H and O–H groups in total. The third-order valence-corrected chi connectivity index (χ3v) is 2.68. The van der Waals surface area contributed by atoms with Gasteiger partial charge in [0.15, 0.2) is 0 Å². The zero-order chi connectivity index (χ0) is 12.3. The van der Waals surface area contributed by atoms with E-state index in [1.807, 2.05) is 6.92 Å². The standard InChI is InChI=1S/C11H14F3NO/c1-7(8(2)16-15)9-3-5-10(6-4-9)11(12,13)14/h3-8H,15H2,1-2H3. The Labute approximate surface area is 92.2 Å². The minimum atomic E-state index is -4.29. The molecule has 2 nitrogen and oxygen atoms in total. The second-order valence-electron chi connectivity index (χ2n) is 3.75. The average Bonchev–Trinajstić information content (AvgIpc) is 2.26. The summed E-state index contributed by atoms with van der Waals surface area (Å²) in [5.41, 5.74) is 0.121. The molecule has 90 valence electrons. The molecule has 0 radical (unpaired) electrons. The highest BCUT2D eigenvalue weighted by Crippen LogP contribution is 2.30. The van der Waals surface area contributed by atoms with Gasteiger partial charge in [0.1, 0.15) is 0 Å². The van der Waals surface area contributed by atoms with Crippen molar-refractivity contribution in [3.63, 3.8) is 0 Å². The van der Waals surface area contributed by atoms with E-state index in [1.54, 1.807) is 6.92 Å². The summed E-state index contributed by atoms with van der Waals surface area (Å²) in [6, 6.07) is 5.02. The molecule has 0 bridgehead atoms. The largest absolute Gasteiger partial charge is 0.416 e. The predicted octanol–water partition coefficient (Wildman–Crippen LogP) is 3.09. The normalized spacial score (nSPS) is 15.9. The van der Waals surface area contributed by atoms with Gasteiger partial charge in [0.2, 0.25) is 0 Å². The number of alkyl halides is 3. The zero-order valence-corrected chi connectivity index (χ0v) is 9.08. The van der Waals surface area contributed by atoms with E-state index < -0.39 is 11.7 Å². The van der Waals surface area contributed by atoms with Crippen LogP contribution in [0.2, 0.25) is 0 Å². The Morgan fingerprint density at radius 1 is 1.12 bits per heavy atom. The lowest BCUT2D eigenvalue weighted by Gasteiger charge is -2.18. The highest BCUT2D eigenvalue weighted by molar-refractivity contribution is 5.27. The van der Waals surface area contributed by atoms with E-state index in [0.717, 1.165) is 17.7 Å². The molecule has 0 spiro atoms. The number of hydrogen-bond donors (Lipinski definition) is 1. The predicted molar refractivity (Wildman–Crippen MR) is 54.6 cm³/mol. The number of hydrogen-bond acceptors (Lipinski definition) is 2. The Kier molecular flexibility index (Phi) is 3.93. The molecular weight excluding hydrogens is 219 g/mol. The zero-order valence-electron chi connectivity index (χ0n) is 9.08. The SMILES string of the molecule is CC(ON)C(C)c1ccc(C(F)(F)F)cc1. The van der Waals surface area contributed by atoms with Crippen LogP contribution in [0.1, 0.15) is 30.9 Å². The molecule has 0 amide bonds. The Morgan fingerprint density at radius 3 is 2.00 bits per heavy atom. The van der Waals surface area contributed by atoms with Crippen molar-refractivity contribution in [3.05, 3.63) is 35.4 Å². The smallest absolute Gasteiger partial charge is 0.301 e. The maximum absolute atomic E-state index is 12.3. The van der Waals surface area contributed by atoms with E-state index in [4.69, 9.17) is 5.90 Å². The van der Waals surface area contributed by atoms with E-state index in [-0.39, 0.29) is 12.0 Å². The topological polar surface area (TPSA) is 35.2 Å². The quantitative estimate of drug-likeness (QED) is 0.814. The first-order chi connectivity index (χ1) is 7.36. The van der Waals surface area contributed by atoms with Gasteiger partial charge in [-0.25, -0.2) is 5.90 Å². The molecule has 1 aromatic carbocycles. The van der Waals surface area contributed by atoms with Crippen LogP contribution >= 0.6 is 0 Å². The third-order valence-electron chi connectivity index (χ3n) is 2.68. The molecule has 1 aromatic rings. The van der Waals surface area contributed by atoms with Crippen molar-refractivity contribution >= 4 is 0 Å². The molecule has 0 saturated carbocycles. The van der Waals surface area contributed by atoms with Gasteiger partial charge < -0.3 is 4.84 Å². The maximum atomic E-state index is 12.3. The molecule has 0 aliphatic rings. The van der Waals surface area contributed by atoms with E-state index >= 15 is 0 Å². The molecule has 0 heterocycles. The van der Waals surface area contributed by atoms with Crippen molar-refractivity contribution in [2.75, 3.05) is 0 Å². The van der Waals surface area contributed by atoms with Gasteiger partial charge in [-0.05, 0) is 24.6 Å². The van der Waals surface area contributed by atoms with Crippen LogP contribution in [0.25, 0.3) is 0 Å². The van der Waals surface area contributed by atoms with Crippen molar-refractivity contribution in [2.24, 2.45) is 5.90 Å². The van der Waals surface area contributed by atoms with Crippen molar-refractivity contribution in [3.8, 4) is 0 Å². The molecule has 16 heavy (non-hydrogen) atoms. The van der Waals surface area contributed by atoms with Crippen molar-refractivity contribution in [1.29, 1.82) is 0 Å². The third kappa shape index (κ3) is 2.96. The summed E-state index contributed by atoms with van der Waals surface area (Å²) in [5.74, 6) is 4.98. The van der Waals surface area contributed by atoms with Crippen LogP contribution in [0.4, 0.5) is 13.2 Å². The fourth-order valence-corrected chi connectivity index (χ4v) is 1.36. The molecule has 0 fully saturated rings. The highest BCUT2D eigenvalue weighted by atomic mass is 19.4. The van der Waals surface area contributed by atoms with Gasteiger partial charge in [-0.15, -0.1) is 0 Å². The van der Waals surface area contributed by atoms with Crippen LogP contribution in [-0.2, 0) is 11.0 Å². The molecule has 5 heteroatoms. The van der Waals surface area contributed by atoms with Crippen LogP contribution < -0.4 is 5.90 Å². The van der Waals surface area contributed by atoms with E-state index in [1.165, 1.54) is 12.1 Å². The summed E-state index contributed by atoms with van der Waals surface area (Å²) in [7, 11) is 0. The Bertz CT molecular complexity index is 334. The Balaban J connectivity index is 2.87. The second kappa shape index (κ2) is 4.84. The first kappa shape index (κ1) is 13.0. The fraction of sp³-hybridized carbons (Fsp3) is 0.455. The first-order valence-corrected chi connectivity index (χ1v) is 4.89. The van der Waals surface area contributed by atoms with Crippen molar-refractivity contribution in [1.82, 2.24) is 0 Å². The van der Waals surface area contributed by atoms with Crippen LogP contribution in [0.3, 0.4) is 0 Å². The van der Waals surface area contributed by atoms with Crippen LogP contribution in [0.5, 0.6) is 0 Å². The fourth-order valence-electron chi connectivity index (χ4n) is 1.36. The van der Waals surface area contributed by atoms with Crippen LogP contribution in [-0.4, -0.2) is 6.10 Å². The molecule has 0 aromatic heterocycles. The van der Waals surface area contributed by atoms with Crippen molar-refractivity contribution in [2.45, 2.75) is 32.0 Å². The summed E-state index contributed by atoms with van der Waals surface area (Å²) in [6.45, 7) is 3.61. The van der Waals surface area contributed by atoms with Crippen molar-refractivity contribution < 1.29 is 18.0 Å². The summed E-state index contributed by atoms with van der Waals surface area (Å²) in [6.07, 6.45) is -4.53. The Hall–Kier alpha value is -1.07. The minimum absolute atomic E-state index is 0.0488. The van der Waals surface area contributed by atoms with E-state index in [0.29, 0.717) is 0 Å². The van der Waals surface area contributed by atoms with Gasteiger partial charge >= 0.3 is 6.18 Å². The first-order valence-electron chi connectivity index (χ1n) is 4.89. The lowest BCUT2D eigenvalue weighted by atomic mass is 9.95. The molecule has 0 aliphatic carbocycles. The van der Waals surface area contributed by atoms with Gasteiger partial charge in [0, 0.05) is 5.92 Å². The van der Waals surface area contributed by atoms with E-state index in [9.17, 15) is 13.2 Å². The number of nitrogens with two attached hydrogens (primary N) is 1. The van der Waals surface area contributed by atoms with Gasteiger partial charge in [-0.1, -0.05) is 19.1 Å². The lowest BCUT2D eigenvalue weighted by molar-refractivity contribution is -0.137. The van der Waals surface area contributed by atoms with Crippen LogP contribution in [0.15, 0.2) is 24.3 Å². The Morgan fingerprint density at radius 2 is 1.62 bits per heavy atom. The average molecular weight is 233 g/mol. The summed E-state index contributed by atoms with van der Waals surface area (Å²) in [5, 5.41) is 0. The highest BCUT2D eigenvalue weighted by Gasteiger charge is 2.30. The van der Waals surface area contributed by atoms with Gasteiger partial charge in [-0.3, -0.25) is 0 Å². The van der Waals surface area contributed by atoms with Gasteiger partial charge in [-0.2, -0.15) is 13.2 Å². The monoisotopic (exact) mass is 233 g/mol. The van der Waals surface area contributed by atoms with Crippen LogP contribution in [0, 0.1) is 0 Å². The molecule has 1 rings (SSSR count). The lowest BCUT2D eigenvalue weighted by Crippen LogP contribution is -2.20. The second-order valence-corrected chi connectivity index (χ2v) is 3.75. The van der Waals surface area contributed by atoms with E-state index in [2.05, 4.69) is 4.84 Å². The van der Waals surface area contributed by atoms with Gasteiger partial charge in [0.05, 0.1) is 11.7 Å². The summed E-state index contributed by atoms with van der Waals surface area (Å²) >= 11 is 0. The molecule has 2 unspecified atom stereocenters. The molecule has 2 atom stereocenters. The number of halogens is 3. The molecule has 0 saturated heterocycles. The van der Waals surface area contributed by atoms with Gasteiger partial charge in [0.25, 0.3) is 0 Å². The maximum Gasteiger partial charge on any atom is 0.416 e. The minimum Gasteiger partial charge on any atom is -0.301 e. The summed E-state index contributed by atoms with van der Waals surface area (Å²) < 4.78 is 36.9. The summed E-state index contributed by atoms with van der Waals surface area (Å²) in [4.78, 5) is 4.64. The number of rotatable bonds is 3. The molecule has 0 aliphatic heterocycles. The number of benzene rings is 1. The molecular formula is C11H14F3NO.